The van der Waals surface area contributed by atoms with Gasteiger partial charge >= 0.3 is 0 Å². The average molecular weight is 548 g/mol. The van der Waals surface area contributed by atoms with Gasteiger partial charge in [0.2, 0.25) is 0 Å². The summed E-state index contributed by atoms with van der Waals surface area (Å²) in [5.74, 6) is 0.719. The topological polar surface area (TPSA) is 30.7 Å². The van der Waals surface area contributed by atoms with Crippen molar-refractivity contribution in [2.24, 2.45) is 0 Å². The Labute approximate surface area is 248 Å². The van der Waals surface area contributed by atoms with Crippen molar-refractivity contribution >= 4 is 54.3 Å². The smallest absolute Gasteiger partial charge is 0.160 e. The third kappa shape index (κ3) is 3.68. The molecule has 0 aliphatic carbocycles. The molecule has 2 heterocycles. The first-order valence-corrected chi connectivity index (χ1v) is 14.6. The van der Waals surface area contributed by atoms with Gasteiger partial charge in [-0.05, 0) is 51.9 Å². The largest absolute Gasteiger partial charge is 0.309 e. The molecule has 0 saturated carbocycles. The van der Waals surface area contributed by atoms with Gasteiger partial charge in [-0.2, -0.15) is 0 Å². The van der Waals surface area contributed by atoms with Gasteiger partial charge in [0.15, 0.2) is 5.82 Å². The number of hydrogen-bond acceptors (Lipinski definition) is 2. The molecule has 0 N–H and O–H groups in total. The summed E-state index contributed by atoms with van der Waals surface area (Å²) in [6.45, 7) is 0. The minimum Gasteiger partial charge on any atom is -0.309 e. The second-order valence-corrected chi connectivity index (χ2v) is 11.0. The predicted octanol–water partition coefficient (Wildman–Crippen LogP) is 10.4. The molecule has 0 aliphatic heterocycles. The Bertz CT molecular complexity index is 2410. The van der Waals surface area contributed by atoms with Crippen LogP contribution in [-0.4, -0.2) is 14.5 Å². The van der Waals surface area contributed by atoms with E-state index in [0.29, 0.717) is 0 Å². The molecule has 0 fully saturated rings. The molecule has 9 aromatic rings. The maximum Gasteiger partial charge on any atom is 0.160 e. The van der Waals surface area contributed by atoms with Crippen molar-refractivity contribution < 1.29 is 0 Å². The Balaban J connectivity index is 1.33. The third-order valence-electron chi connectivity index (χ3n) is 8.56. The quantitative estimate of drug-likeness (QED) is 0.220. The molecule has 0 amide bonds. The van der Waals surface area contributed by atoms with Crippen LogP contribution in [0.4, 0.5) is 0 Å². The number of hydrogen-bond donors (Lipinski definition) is 0. The molecule has 0 bridgehead atoms. The second-order valence-electron chi connectivity index (χ2n) is 11.0. The molecule has 0 unspecified atom stereocenters. The van der Waals surface area contributed by atoms with Crippen LogP contribution in [-0.2, 0) is 0 Å². The summed E-state index contributed by atoms with van der Waals surface area (Å²) >= 11 is 0. The van der Waals surface area contributed by atoms with Crippen LogP contribution in [0.2, 0.25) is 0 Å². The van der Waals surface area contributed by atoms with Gasteiger partial charge < -0.3 is 4.57 Å². The minimum atomic E-state index is 0.719. The van der Waals surface area contributed by atoms with Gasteiger partial charge in [0, 0.05) is 33.0 Å². The molecular weight excluding hydrogens is 522 g/mol. The molecule has 3 heteroatoms. The normalized spacial score (nSPS) is 11.7. The van der Waals surface area contributed by atoms with Gasteiger partial charge in [-0.15, -0.1) is 0 Å². The molecule has 0 radical (unpaired) electrons. The van der Waals surface area contributed by atoms with Crippen LogP contribution < -0.4 is 0 Å². The van der Waals surface area contributed by atoms with E-state index in [1.807, 2.05) is 18.2 Å². The van der Waals surface area contributed by atoms with Crippen molar-refractivity contribution in [2.75, 3.05) is 0 Å². The van der Waals surface area contributed by atoms with Crippen LogP contribution >= 0.6 is 0 Å². The lowest BCUT2D eigenvalue weighted by molar-refractivity contribution is 1.17. The third-order valence-corrected chi connectivity index (χ3v) is 8.56. The van der Waals surface area contributed by atoms with Crippen molar-refractivity contribution in [2.45, 2.75) is 0 Å². The fraction of sp³-hybridized carbons (Fsp3) is 0. The first kappa shape index (κ1) is 23.9. The first-order valence-electron chi connectivity index (χ1n) is 14.6. The summed E-state index contributed by atoms with van der Waals surface area (Å²) < 4.78 is 2.40. The van der Waals surface area contributed by atoms with Crippen LogP contribution in [0.15, 0.2) is 152 Å². The first-order chi connectivity index (χ1) is 21.3. The highest BCUT2D eigenvalue weighted by atomic mass is 15.0. The maximum atomic E-state index is 5.15. The zero-order valence-corrected chi connectivity index (χ0v) is 23.3. The van der Waals surface area contributed by atoms with Crippen LogP contribution in [0.3, 0.4) is 0 Å². The Morgan fingerprint density at radius 1 is 0.419 bits per heavy atom. The van der Waals surface area contributed by atoms with E-state index in [-0.39, 0.29) is 0 Å². The van der Waals surface area contributed by atoms with E-state index < -0.39 is 0 Å². The number of aromatic nitrogens is 3. The molecule has 3 nitrogen and oxygen atoms in total. The lowest BCUT2D eigenvalue weighted by atomic mass is 10.00. The van der Waals surface area contributed by atoms with E-state index in [1.54, 1.807) is 0 Å². The molecule has 9 rings (SSSR count). The molecule has 43 heavy (non-hydrogen) atoms. The highest BCUT2D eigenvalue weighted by Crippen LogP contribution is 2.41. The average Bonchev–Trinajstić information content (AvgIpc) is 3.44. The van der Waals surface area contributed by atoms with Crippen LogP contribution in [0, 0.1) is 0 Å². The van der Waals surface area contributed by atoms with Gasteiger partial charge in [-0.1, -0.05) is 121 Å². The number of para-hydroxylation sites is 1. The molecular formula is C40H25N3. The van der Waals surface area contributed by atoms with Crippen molar-refractivity contribution in [3.05, 3.63) is 152 Å². The van der Waals surface area contributed by atoms with Crippen molar-refractivity contribution in [3.63, 3.8) is 0 Å². The molecule has 2 aromatic heterocycles. The van der Waals surface area contributed by atoms with E-state index >= 15 is 0 Å². The summed E-state index contributed by atoms with van der Waals surface area (Å²) in [5.41, 5.74) is 7.41. The Morgan fingerprint density at radius 3 is 1.70 bits per heavy atom. The van der Waals surface area contributed by atoms with Crippen LogP contribution in [0.25, 0.3) is 82.6 Å². The molecule has 0 atom stereocenters. The monoisotopic (exact) mass is 547 g/mol. The van der Waals surface area contributed by atoms with Crippen LogP contribution in [0.1, 0.15) is 0 Å². The van der Waals surface area contributed by atoms with E-state index in [2.05, 4.69) is 138 Å². The van der Waals surface area contributed by atoms with E-state index in [0.717, 1.165) is 39.2 Å². The Morgan fingerprint density at radius 2 is 1.00 bits per heavy atom. The summed E-state index contributed by atoms with van der Waals surface area (Å²) in [4.78, 5) is 10.2. The Kier molecular flexibility index (Phi) is 5.20. The summed E-state index contributed by atoms with van der Waals surface area (Å²) in [7, 11) is 0. The van der Waals surface area contributed by atoms with Crippen molar-refractivity contribution in [3.8, 4) is 28.3 Å². The highest BCUT2D eigenvalue weighted by Gasteiger charge is 2.18. The molecule has 7 aromatic carbocycles. The van der Waals surface area contributed by atoms with Crippen molar-refractivity contribution in [1.29, 1.82) is 0 Å². The van der Waals surface area contributed by atoms with E-state index in [9.17, 15) is 0 Å². The maximum absolute atomic E-state index is 5.15. The number of fused-ring (bicyclic) bond motifs is 8. The van der Waals surface area contributed by atoms with Gasteiger partial charge in [0.25, 0.3) is 0 Å². The van der Waals surface area contributed by atoms with Gasteiger partial charge in [0.1, 0.15) is 0 Å². The summed E-state index contributed by atoms with van der Waals surface area (Å²) in [6.07, 6.45) is 0. The minimum absolute atomic E-state index is 0.719. The molecule has 0 aliphatic rings. The number of benzene rings is 7. The molecule has 200 valence electrons. The van der Waals surface area contributed by atoms with E-state index in [1.165, 1.54) is 43.4 Å². The van der Waals surface area contributed by atoms with Gasteiger partial charge in [0.05, 0.1) is 22.2 Å². The predicted molar refractivity (Wildman–Crippen MR) is 180 cm³/mol. The fourth-order valence-corrected chi connectivity index (χ4v) is 6.63. The molecule has 0 saturated heterocycles. The number of nitrogens with zero attached hydrogens (tertiary/aromatic N) is 3. The lowest BCUT2D eigenvalue weighted by Gasteiger charge is -2.12. The van der Waals surface area contributed by atoms with Crippen molar-refractivity contribution in [1.82, 2.24) is 14.5 Å². The van der Waals surface area contributed by atoms with Gasteiger partial charge in [-0.3, -0.25) is 0 Å². The van der Waals surface area contributed by atoms with Gasteiger partial charge in [-0.25, -0.2) is 9.97 Å². The zero-order valence-electron chi connectivity index (χ0n) is 23.3. The summed E-state index contributed by atoms with van der Waals surface area (Å²) in [6, 6.07) is 53.7. The molecule has 0 spiro atoms. The Hall–Kier alpha value is -5.80. The standard InChI is InChI=1S/C40H25N3/c1-2-13-28(14-3-1)39-33-19-8-9-20-34(33)41-40(42-39)29-15-10-16-30(25-29)43-35-23-21-26-11-4-6-17-31(26)37(35)38-32-18-7-5-12-27(32)22-24-36(38)43/h1-25H. The van der Waals surface area contributed by atoms with E-state index in [4.69, 9.17) is 9.97 Å². The zero-order chi connectivity index (χ0) is 28.3. The highest BCUT2D eigenvalue weighted by molar-refractivity contribution is 6.28. The fourth-order valence-electron chi connectivity index (χ4n) is 6.63. The second kappa shape index (κ2) is 9.37. The van der Waals surface area contributed by atoms with Crippen LogP contribution in [0.5, 0.6) is 0 Å². The number of rotatable bonds is 3. The lowest BCUT2D eigenvalue weighted by Crippen LogP contribution is -1.97. The summed E-state index contributed by atoms with van der Waals surface area (Å²) in [5, 5.41) is 8.63. The SMILES string of the molecule is c1ccc(-c2nc(-c3cccc(-n4c5ccc6ccccc6c5c5c6ccccc6ccc54)c3)nc3ccccc23)cc1.